The number of hydrogen-bond donors (Lipinski definition) is 1. The van der Waals surface area contributed by atoms with Crippen molar-refractivity contribution in [2.75, 3.05) is 20.7 Å². The van der Waals surface area contributed by atoms with Crippen LogP contribution in [0.3, 0.4) is 0 Å². The van der Waals surface area contributed by atoms with Crippen LogP contribution in [0.4, 0.5) is 0 Å². The molecule has 1 aromatic rings. The molecule has 0 bridgehead atoms. The molecule has 3 nitrogen and oxygen atoms in total. The summed E-state index contributed by atoms with van der Waals surface area (Å²) < 4.78 is 5.20. The van der Waals surface area contributed by atoms with Crippen molar-refractivity contribution in [3.8, 4) is 5.75 Å². The average molecular weight is 250 g/mol. The molecule has 18 heavy (non-hydrogen) atoms. The standard InChI is InChI=1S/C15H26N2O/c1-5-11-17(3)15(14(16)6-2)12-7-9-13(18-4)10-8-12/h7-10,14-15H,5-6,11,16H2,1-4H3. The lowest BCUT2D eigenvalue weighted by molar-refractivity contribution is 0.210. The summed E-state index contributed by atoms with van der Waals surface area (Å²) in [7, 11) is 3.83. The Bertz CT molecular complexity index is 337. The molecule has 0 aliphatic rings. The number of rotatable bonds is 7. The highest BCUT2D eigenvalue weighted by molar-refractivity contribution is 5.30. The van der Waals surface area contributed by atoms with E-state index in [1.807, 2.05) is 12.1 Å². The predicted molar refractivity (Wildman–Crippen MR) is 76.9 cm³/mol. The molecule has 102 valence electrons. The van der Waals surface area contributed by atoms with Crippen LogP contribution in [0.5, 0.6) is 5.75 Å². The molecule has 3 heteroatoms. The van der Waals surface area contributed by atoms with Crippen LogP contribution in [0.25, 0.3) is 0 Å². The molecule has 1 rings (SSSR count). The van der Waals surface area contributed by atoms with Gasteiger partial charge in [-0.15, -0.1) is 0 Å². The Kier molecular flexibility index (Phi) is 6.16. The Morgan fingerprint density at radius 1 is 1.22 bits per heavy atom. The minimum Gasteiger partial charge on any atom is -0.497 e. The Balaban J connectivity index is 2.93. The Labute approximate surface area is 111 Å². The van der Waals surface area contributed by atoms with Gasteiger partial charge in [0.1, 0.15) is 5.75 Å². The summed E-state index contributed by atoms with van der Waals surface area (Å²) >= 11 is 0. The maximum Gasteiger partial charge on any atom is 0.118 e. The second kappa shape index (κ2) is 7.39. The highest BCUT2D eigenvalue weighted by Crippen LogP contribution is 2.25. The summed E-state index contributed by atoms with van der Waals surface area (Å²) in [5.74, 6) is 0.890. The van der Waals surface area contributed by atoms with E-state index in [9.17, 15) is 0 Å². The van der Waals surface area contributed by atoms with E-state index >= 15 is 0 Å². The molecule has 0 aliphatic carbocycles. The van der Waals surface area contributed by atoms with E-state index in [0.29, 0.717) is 0 Å². The zero-order valence-corrected chi connectivity index (χ0v) is 12.0. The number of nitrogens with two attached hydrogens (primary N) is 1. The van der Waals surface area contributed by atoms with E-state index in [1.165, 1.54) is 5.56 Å². The van der Waals surface area contributed by atoms with Crippen molar-refractivity contribution in [2.45, 2.75) is 38.8 Å². The molecule has 0 saturated carbocycles. The summed E-state index contributed by atoms with van der Waals surface area (Å²) in [6, 6.07) is 8.68. The second-order valence-corrected chi connectivity index (χ2v) is 4.77. The van der Waals surface area contributed by atoms with Crippen LogP contribution in [0.2, 0.25) is 0 Å². The van der Waals surface area contributed by atoms with Gasteiger partial charge in [-0.05, 0) is 44.1 Å². The van der Waals surface area contributed by atoms with Crippen molar-refractivity contribution in [2.24, 2.45) is 5.73 Å². The molecule has 0 aromatic heterocycles. The fraction of sp³-hybridized carbons (Fsp3) is 0.600. The van der Waals surface area contributed by atoms with Crippen molar-refractivity contribution in [1.29, 1.82) is 0 Å². The van der Waals surface area contributed by atoms with E-state index < -0.39 is 0 Å². The first-order valence-electron chi connectivity index (χ1n) is 6.73. The van der Waals surface area contributed by atoms with Crippen LogP contribution < -0.4 is 10.5 Å². The van der Waals surface area contributed by atoms with Crippen LogP contribution in [-0.2, 0) is 0 Å². The minimum absolute atomic E-state index is 0.162. The first-order chi connectivity index (χ1) is 8.63. The van der Waals surface area contributed by atoms with Gasteiger partial charge >= 0.3 is 0 Å². The first-order valence-corrected chi connectivity index (χ1v) is 6.73. The average Bonchev–Trinajstić information content (AvgIpc) is 2.40. The third kappa shape index (κ3) is 3.72. The third-order valence-electron chi connectivity index (χ3n) is 3.39. The Morgan fingerprint density at radius 2 is 1.83 bits per heavy atom. The van der Waals surface area contributed by atoms with Gasteiger partial charge in [0.2, 0.25) is 0 Å². The summed E-state index contributed by atoms with van der Waals surface area (Å²) in [6.07, 6.45) is 2.12. The van der Waals surface area contributed by atoms with Gasteiger partial charge < -0.3 is 10.5 Å². The van der Waals surface area contributed by atoms with Crippen LogP contribution in [-0.4, -0.2) is 31.6 Å². The molecular formula is C15H26N2O. The summed E-state index contributed by atoms with van der Waals surface area (Å²) in [5, 5.41) is 0. The van der Waals surface area contributed by atoms with Gasteiger partial charge in [-0.1, -0.05) is 26.0 Å². The lowest BCUT2D eigenvalue weighted by Crippen LogP contribution is -2.39. The zero-order valence-electron chi connectivity index (χ0n) is 12.0. The van der Waals surface area contributed by atoms with Gasteiger partial charge in [0.15, 0.2) is 0 Å². The molecular weight excluding hydrogens is 224 g/mol. The Morgan fingerprint density at radius 3 is 2.28 bits per heavy atom. The van der Waals surface area contributed by atoms with Gasteiger partial charge in [0, 0.05) is 12.1 Å². The SMILES string of the molecule is CCCN(C)C(c1ccc(OC)cc1)C(N)CC. The van der Waals surface area contributed by atoms with E-state index in [2.05, 4.69) is 37.9 Å². The molecule has 0 fully saturated rings. The summed E-state index contributed by atoms with van der Waals surface area (Å²) in [6.45, 7) is 5.39. The quantitative estimate of drug-likeness (QED) is 0.808. The topological polar surface area (TPSA) is 38.5 Å². The lowest BCUT2D eigenvalue weighted by atomic mass is 9.96. The van der Waals surface area contributed by atoms with Crippen molar-refractivity contribution >= 4 is 0 Å². The van der Waals surface area contributed by atoms with Crippen molar-refractivity contribution in [1.82, 2.24) is 4.90 Å². The van der Waals surface area contributed by atoms with Crippen LogP contribution in [0.15, 0.2) is 24.3 Å². The normalized spacial score (nSPS) is 14.6. The number of methoxy groups -OCH3 is 1. The summed E-state index contributed by atoms with van der Waals surface area (Å²) in [5.41, 5.74) is 7.54. The number of nitrogens with zero attached hydrogens (tertiary/aromatic N) is 1. The van der Waals surface area contributed by atoms with E-state index in [4.69, 9.17) is 10.5 Å². The molecule has 0 amide bonds. The number of ether oxygens (including phenoxy) is 1. The third-order valence-corrected chi connectivity index (χ3v) is 3.39. The van der Waals surface area contributed by atoms with Crippen LogP contribution >= 0.6 is 0 Å². The zero-order chi connectivity index (χ0) is 13.5. The predicted octanol–water partition coefficient (Wildman–Crippen LogP) is 2.82. The molecule has 0 aliphatic heterocycles. The number of likely N-dealkylation sites (N-methyl/N-ethyl adjacent to an activating group) is 1. The van der Waals surface area contributed by atoms with Crippen molar-refractivity contribution < 1.29 is 4.74 Å². The monoisotopic (exact) mass is 250 g/mol. The highest BCUT2D eigenvalue weighted by Gasteiger charge is 2.22. The van der Waals surface area contributed by atoms with E-state index in [-0.39, 0.29) is 12.1 Å². The molecule has 0 spiro atoms. The number of hydrogen-bond acceptors (Lipinski definition) is 3. The van der Waals surface area contributed by atoms with Crippen LogP contribution in [0.1, 0.15) is 38.3 Å². The fourth-order valence-electron chi connectivity index (χ4n) is 2.34. The maximum atomic E-state index is 6.28. The molecule has 0 saturated heterocycles. The van der Waals surface area contributed by atoms with Crippen LogP contribution in [0, 0.1) is 0 Å². The van der Waals surface area contributed by atoms with Crippen molar-refractivity contribution in [3.63, 3.8) is 0 Å². The maximum absolute atomic E-state index is 6.28. The molecule has 0 heterocycles. The minimum atomic E-state index is 0.162. The second-order valence-electron chi connectivity index (χ2n) is 4.77. The van der Waals surface area contributed by atoms with Gasteiger partial charge in [-0.3, -0.25) is 4.90 Å². The Hall–Kier alpha value is -1.06. The molecule has 2 N–H and O–H groups in total. The van der Waals surface area contributed by atoms with Gasteiger partial charge in [0.25, 0.3) is 0 Å². The smallest absolute Gasteiger partial charge is 0.118 e. The van der Waals surface area contributed by atoms with E-state index in [1.54, 1.807) is 7.11 Å². The van der Waals surface area contributed by atoms with Gasteiger partial charge in [-0.25, -0.2) is 0 Å². The molecule has 0 radical (unpaired) electrons. The lowest BCUT2D eigenvalue weighted by Gasteiger charge is -2.32. The largest absolute Gasteiger partial charge is 0.497 e. The number of benzene rings is 1. The fourth-order valence-corrected chi connectivity index (χ4v) is 2.34. The first kappa shape index (κ1) is 15.0. The molecule has 2 unspecified atom stereocenters. The summed E-state index contributed by atoms with van der Waals surface area (Å²) in [4.78, 5) is 2.34. The van der Waals surface area contributed by atoms with Crippen molar-refractivity contribution in [3.05, 3.63) is 29.8 Å². The molecule has 1 aromatic carbocycles. The van der Waals surface area contributed by atoms with Gasteiger partial charge in [0.05, 0.1) is 7.11 Å². The molecule has 2 atom stereocenters. The van der Waals surface area contributed by atoms with Gasteiger partial charge in [-0.2, -0.15) is 0 Å². The highest BCUT2D eigenvalue weighted by atomic mass is 16.5. The van der Waals surface area contributed by atoms with E-state index in [0.717, 1.165) is 25.1 Å².